The second-order valence-electron chi connectivity index (χ2n) is 6.70. The first kappa shape index (κ1) is 13.0. The summed E-state index contributed by atoms with van der Waals surface area (Å²) in [5, 5.41) is 0. The maximum absolute atomic E-state index is 12.5. The van der Waals surface area contributed by atoms with E-state index < -0.39 is 0 Å². The molecule has 0 N–H and O–H groups in total. The van der Waals surface area contributed by atoms with Crippen LogP contribution in [0.1, 0.15) is 47.5 Å². The van der Waals surface area contributed by atoms with E-state index in [9.17, 15) is 4.79 Å². The number of hydrogen-bond acceptors (Lipinski definition) is 3. The summed E-state index contributed by atoms with van der Waals surface area (Å²) >= 11 is 0. The standard InChI is InChI=1S/C14H24O3/c1-9-6-10(8-16-9)12(15)11-7-13(2,3)17-14(11,4)5/h9-11H,6-8H2,1-5H3. The molecular weight excluding hydrogens is 216 g/mol. The summed E-state index contributed by atoms with van der Waals surface area (Å²) in [4.78, 5) is 12.5. The second-order valence-corrected chi connectivity index (χ2v) is 6.70. The molecule has 0 spiro atoms. The monoisotopic (exact) mass is 240 g/mol. The number of Topliss-reactive ketones (excluding diaryl/α,β-unsaturated/α-hetero) is 1. The molecule has 0 radical (unpaired) electrons. The highest BCUT2D eigenvalue weighted by atomic mass is 16.5. The van der Waals surface area contributed by atoms with E-state index in [4.69, 9.17) is 9.47 Å². The molecule has 2 heterocycles. The van der Waals surface area contributed by atoms with Crippen LogP contribution in [0.5, 0.6) is 0 Å². The summed E-state index contributed by atoms with van der Waals surface area (Å²) in [6, 6.07) is 0. The van der Waals surface area contributed by atoms with Crippen LogP contribution in [0.25, 0.3) is 0 Å². The zero-order valence-electron chi connectivity index (χ0n) is 11.6. The predicted molar refractivity (Wildman–Crippen MR) is 65.9 cm³/mol. The molecular formula is C14H24O3. The number of hydrogen-bond donors (Lipinski definition) is 0. The van der Waals surface area contributed by atoms with Crippen molar-refractivity contribution >= 4 is 5.78 Å². The Labute approximate surface area is 104 Å². The Bertz CT molecular complexity index is 319. The van der Waals surface area contributed by atoms with Crippen LogP contribution < -0.4 is 0 Å². The number of rotatable bonds is 2. The summed E-state index contributed by atoms with van der Waals surface area (Å²) in [6.07, 6.45) is 1.91. The molecule has 17 heavy (non-hydrogen) atoms. The smallest absolute Gasteiger partial charge is 0.144 e. The van der Waals surface area contributed by atoms with Gasteiger partial charge in [-0.05, 0) is 47.5 Å². The van der Waals surface area contributed by atoms with Crippen LogP contribution >= 0.6 is 0 Å². The van der Waals surface area contributed by atoms with Crippen molar-refractivity contribution in [2.24, 2.45) is 11.8 Å². The molecule has 0 aliphatic carbocycles. The fraction of sp³-hybridized carbons (Fsp3) is 0.929. The molecule has 0 aromatic carbocycles. The van der Waals surface area contributed by atoms with Gasteiger partial charge in [-0.3, -0.25) is 4.79 Å². The molecule has 98 valence electrons. The van der Waals surface area contributed by atoms with Crippen LogP contribution in [0.15, 0.2) is 0 Å². The Morgan fingerprint density at radius 2 is 1.88 bits per heavy atom. The van der Waals surface area contributed by atoms with Gasteiger partial charge in [0.05, 0.1) is 23.9 Å². The molecule has 0 bridgehead atoms. The molecule has 3 heteroatoms. The average molecular weight is 240 g/mol. The normalized spacial score (nSPS) is 39.5. The fourth-order valence-corrected chi connectivity index (χ4v) is 3.31. The van der Waals surface area contributed by atoms with Crippen molar-refractivity contribution in [3.63, 3.8) is 0 Å². The van der Waals surface area contributed by atoms with Crippen molar-refractivity contribution in [2.75, 3.05) is 6.61 Å². The van der Waals surface area contributed by atoms with Gasteiger partial charge in [0.15, 0.2) is 0 Å². The third kappa shape index (κ3) is 2.55. The van der Waals surface area contributed by atoms with Crippen molar-refractivity contribution in [3.8, 4) is 0 Å². The van der Waals surface area contributed by atoms with Gasteiger partial charge in [-0.25, -0.2) is 0 Å². The highest BCUT2D eigenvalue weighted by molar-refractivity contribution is 5.85. The first-order valence-electron chi connectivity index (χ1n) is 6.57. The minimum atomic E-state index is -0.341. The van der Waals surface area contributed by atoms with E-state index in [1.54, 1.807) is 0 Å². The molecule has 3 atom stereocenters. The molecule has 2 fully saturated rings. The van der Waals surface area contributed by atoms with E-state index in [0.717, 1.165) is 12.8 Å². The molecule has 0 amide bonds. The zero-order chi connectivity index (χ0) is 12.8. The van der Waals surface area contributed by atoms with E-state index in [0.29, 0.717) is 12.4 Å². The van der Waals surface area contributed by atoms with E-state index in [-0.39, 0.29) is 29.1 Å². The molecule has 2 rings (SSSR count). The van der Waals surface area contributed by atoms with Gasteiger partial charge in [-0.1, -0.05) is 0 Å². The van der Waals surface area contributed by atoms with Gasteiger partial charge in [0.1, 0.15) is 5.78 Å². The second kappa shape index (κ2) is 4.06. The lowest BCUT2D eigenvalue weighted by atomic mass is 9.79. The topological polar surface area (TPSA) is 35.5 Å². The minimum Gasteiger partial charge on any atom is -0.378 e. The predicted octanol–water partition coefficient (Wildman–Crippen LogP) is 2.57. The van der Waals surface area contributed by atoms with E-state index in [1.165, 1.54) is 0 Å². The van der Waals surface area contributed by atoms with Crippen LogP contribution in [0.2, 0.25) is 0 Å². The minimum absolute atomic E-state index is 0.0106. The third-order valence-electron chi connectivity index (χ3n) is 4.02. The van der Waals surface area contributed by atoms with Crippen LogP contribution in [-0.2, 0) is 14.3 Å². The van der Waals surface area contributed by atoms with Gasteiger partial charge in [0.2, 0.25) is 0 Å². The molecule has 2 aliphatic rings. The molecule has 0 aromatic heterocycles. The third-order valence-corrected chi connectivity index (χ3v) is 4.02. The first-order valence-corrected chi connectivity index (χ1v) is 6.57. The largest absolute Gasteiger partial charge is 0.378 e. The SMILES string of the molecule is CC1CC(C(=O)C2CC(C)(C)OC2(C)C)CO1. The molecule has 0 aromatic rings. The quantitative estimate of drug-likeness (QED) is 0.744. The Kier molecular flexibility index (Phi) is 3.11. The van der Waals surface area contributed by atoms with Crippen molar-refractivity contribution in [1.29, 1.82) is 0 Å². The van der Waals surface area contributed by atoms with Crippen molar-refractivity contribution in [2.45, 2.75) is 64.8 Å². The van der Waals surface area contributed by atoms with Gasteiger partial charge in [0, 0.05) is 11.8 Å². The van der Waals surface area contributed by atoms with Crippen LogP contribution in [0.4, 0.5) is 0 Å². The van der Waals surface area contributed by atoms with E-state index in [2.05, 4.69) is 13.8 Å². The van der Waals surface area contributed by atoms with Crippen LogP contribution in [0.3, 0.4) is 0 Å². The lowest BCUT2D eigenvalue weighted by Crippen LogP contribution is -2.37. The van der Waals surface area contributed by atoms with Gasteiger partial charge in [-0.15, -0.1) is 0 Å². The van der Waals surface area contributed by atoms with Gasteiger partial charge in [0.25, 0.3) is 0 Å². The summed E-state index contributed by atoms with van der Waals surface area (Å²) in [7, 11) is 0. The molecule has 0 saturated carbocycles. The van der Waals surface area contributed by atoms with Gasteiger partial charge < -0.3 is 9.47 Å². The lowest BCUT2D eigenvalue weighted by molar-refractivity contribution is -0.133. The summed E-state index contributed by atoms with van der Waals surface area (Å²) in [5.74, 6) is 0.424. The summed E-state index contributed by atoms with van der Waals surface area (Å²) < 4.78 is 11.5. The fourth-order valence-electron chi connectivity index (χ4n) is 3.31. The maximum atomic E-state index is 12.5. The molecule has 2 aliphatic heterocycles. The van der Waals surface area contributed by atoms with Crippen molar-refractivity contribution in [3.05, 3.63) is 0 Å². The highest BCUT2D eigenvalue weighted by Crippen LogP contribution is 2.44. The van der Waals surface area contributed by atoms with E-state index >= 15 is 0 Å². The average Bonchev–Trinajstić information content (AvgIpc) is 2.66. The Balaban J connectivity index is 2.09. The molecule has 3 unspecified atom stereocenters. The lowest BCUT2D eigenvalue weighted by Gasteiger charge is -2.27. The maximum Gasteiger partial charge on any atom is 0.144 e. The van der Waals surface area contributed by atoms with Gasteiger partial charge >= 0.3 is 0 Å². The number of carbonyl (C=O) groups is 1. The molecule has 2 saturated heterocycles. The van der Waals surface area contributed by atoms with Crippen molar-refractivity contribution in [1.82, 2.24) is 0 Å². The van der Waals surface area contributed by atoms with E-state index in [1.807, 2.05) is 20.8 Å². The van der Waals surface area contributed by atoms with Crippen LogP contribution in [0, 0.1) is 11.8 Å². The Morgan fingerprint density at radius 3 is 2.29 bits per heavy atom. The Morgan fingerprint density at radius 1 is 1.24 bits per heavy atom. The molecule has 3 nitrogen and oxygen atoms in total. The van der Waals surface area contributed by atoms with Crippen molar-refractivity contribution < 1.29 is 14.3 Å². The number of ether oxygens (including phenoxy) is 2. The Hall–Kier alpha value is -0.410. The van der Waals surface area contributed by atoms with Crippen LogP contribution in [-0.4, -0.2) is 29.7 Å². The van der Waals surface area contributed by atoms with Gasteiger partial charge in [-0.2, -0.15) is 0 Å². The number of ketones is 1. The summed E-state index contributed by atoms with van der Waals surface area (Å²) in [6.45, 7) is 10.8. The first-order chi connectivity index (χ1) is 7.71. The zero-order valence-corrected chi connectivity index (χ0v) is 11.6. The highest BCUT2D eigenvalue weighted by Gasteiger charge is 2.51. The summed E-state index contributed by atoms with van der Waals surface area (Å²) in [5.41, 5.74) is -0.526. The number of carbonyl (C=O) groups excluding carboxylic acids is 1.